The highest BCUT2D eigenvalue weighted by molar-refractivity contribution is 7.51. The van der Waals surface area contributed by atoms with Crippen LogP contribution in [0.15, 0.2) is 12.3 Å². The normalized spacial score (nSPS) is 21.2. The Hall–Kier alpha value is -2.64. The van der Waals surface area contributed by atoms with Crippen LogP contribution in [-0.2, 0) is 18.1 Å². The summed E-state index contributed by atoms with van der Waals surface area (Å²) in [7, 11) is 0. The number of ether oxygens (including phenoxy) is 1. The first-order chi connectivity index (χ1) is 19.0. The number of carbonyl (C=O) groups is 1. The highest BCUT2D eigenvalue weighted by Gasteiger charge is 2.33. The quantitative estimate of drug-likeness (QED) is 0.333. The van der Waals surface area contributed by atoms with Gasteiger partial charge >= 0.3 is 18.2 Å². The van der Waals surface area contributed by atoms with Gasteiger partial charge in [0, 0.05) is 31.4 Å². The second-order valence-electron chi connectivity index (χ2n) is 10.7. The van der Waals surface area contributed by atoms with Crippen molar-refractivity contribution in [3.63, 3.8) is 0 Å². The van der Waals surface area contributed by atoms with Crippen LogP contribution in [0, 0.1) is 11.8 Å². The minimum atomic E-state index is -3.06. The molecule has 222 valence electrons. The molecule has 0 aliphatic heterocycles. The van der Waals surface area contributed by atoms with E-state index in [4.69, 9.17) is 24.8 Å². The average Bonchev–Trinajstić information content (AvgIpc) is 3.65. The van der Waals surface area contributed by atoms with Crippen molar-refractivity contribution in [1.82, 2.24) is 20.1 Å². The van der Waals surface area contributed by atoms with Gasteiger partial charge in [-0.3, -0.25) is 9.48 Å². The number of aryl methyl sites for hydroxylation is 1. The molecule has 0 spiro atoms. The molecule has 1 amide bonds. The lowest BCUT2D eigenvalue weighted by atomic mass is 9.79. The zero-order valence-corrected chi connectivity index (χ0v) is 24.4. The van der Waals surface area contributed by atoms with E-state index in [9.17, 15) is 18.7 Å². The van der Waals surface area contributed by atoms with E-state index in [2.05, 4.69) is 27.6 Å². The first-order valence-electron chi connectivity index (χ1n) is 13.4. The predicted octanol–water partition coefficient (Wildman–Crippen LogP) is 4.82. The molecule has 14 heteroatoms. The SMILES string of the molecule is CCn1nc(C(=O)NCC2(O)CCC(C)CC2)c(Cl)c1-c1cnc(N[C@H](C)CC2CC2)cc1OC(F)F.O=S=O. The molecular formula is C26H36ClF2N5O5S. The summed E-state index contributed by atoms with van der Waals surface area (Å²) in [6.07, 6.45) is 7.82. The lowest BCUT2D eigenvalue weighted by Gasteiger charge is -2.34. The Morgan fingerprint density at radius 2 is 1.95 bits per heavy atom. The first kappa shape index (κ1) is 31.9. The average molecular weight is 604 g/mol. The summed E-state index contributed by atoms with van der Waals surface area (Å²) in [6.45, 7) is 3.34. The number of rotatable bonds is 11. The van der Waals surface area contributed by atoms with Gasteiger partial charge in [0.1, 0.15) is 11.6 Å². The van der Waals surface area contributed by atoms with Crippen molar-refractivity contribution < 1.29 is 31.8 Å². The van der Waals surface area contributed by atoms with E-state index in [0.29, 0.717) is 37.0 Å². The van der Waals surface area contributed by atoms with Crippen molar-refractivity contribution in [2.24, 2.45) is 11.8 Å². The third-order valence-electron chi connectivity index (χ3n) is 7.31. The molecule has 2 aliphatic rings. The van der Waals surface area contributed by atoms with Gasteiger partial charge in [0.15, 0.2) is 5.69 Å². The zero-order valence-electron chi connectivity index (χ0n) is 22.8. The minimum Gasteiger partial charge on any atom is -0.434 e. The van der Waals surface area contributed by atoms with E-state index in [1.54, 1.807) is 6.92 Å². The van der Waals surface area contributed by atoms with E-state index in [1.807, 2.05) is 6.92 Å². The molecule has 2 aromatic rings. The van der Waals surface area contributed by atoms with Gasteiger partial charge in [0.25, 0.3) is 5.91 Å². The van der Waals surface area contributed by atoms with Crippen molar-refractivity contribution in [3.8, 4) is 17.0 Å². The number of anilines is 1. The van der Waals surface area contributed by atoms with Crippen LogP contribution >= 0.6 is 11.6 Å². The Balaban J connectivity index is 0.00000141. The molecule has 2 saturated carbocycles. The fourth-order valence-corrected chi connectivity index (χ4v) is 5.25. The molecular weight excluding hydrogens is 568 g/mol. The Kier molecular flexibility index (Phi) is 11.4. The van der Waals surface area contributed by atoms with E-state index < -0.39 is 29.7 Å². The van der Waals surface area contributed by atoms with Gasteiger partial charge in [-0.2, -0.15) is 22.3 Å². The van der Waals surface area contributed by atoms with Crippen LogP contribution in [0.1, 0.15) is 76.2 Å². The third kappa shape index (κ3) is 8.68. The summed E-state index contributed by atoms with van der Waals surface area (Å²) in [4.78, 5) is 17.4. The number of aliphatic hydroxyl groups is 1. The number of hydrogen-bond acceptors (Lipinski definition) is 8. The van der Waals surface area contributed by atoms with Gasteiger partial charge in [-0.1, -0.05) is 31.4 Å². The maximum atomic E-state index is 13.3. The fraction of sp³-hybridized carbons (Fsp3) is 0.654. The lowest BCUT2D eigenvalue weighted by molar-refractivity contribution is -0.0494. The number of pyridine rings is 1. The first-order valence-corrected chi connectivity index (χ1v) is 14.4. The number of hydrogen-bond donors (Lipinski definition) is 3. The summed E-state index contributed by atoms with van der Waals surface area (Å²) in [5.74, 6) is 1.01. The smallest absolute Gasteiger partial charge is 0.387 e. The highest BCUT2D eigenvalue weighted by atomic mass is 35.5. The van der Waals surface area contributed by atoms with Gasteiger partial charge in [0.2, 0.25) is 0 Å². The van der Waals surface area contributed by atoms with Crippen LogP contribution in [0.2, 0.25) is 5.02 Å². The monoisotopic (exact) mass is 603 g/mol. The van der Waals surface area contributed by atoms with E-state index in [0.717, 1.165) is 19.3 Å². The molecule has 2 aromatic heterocycles. The number of nitrogens with zero attached hydrogens (tertiary/aromatic N) is 3. The molecule has 40 heavy (non-hydrogen) atoms. The molecule has 10 nitrogen and oxygen atoms in total. The Morgan fingerprint density at radius 1 is 1.30 bits per heavy atom. The Bertz CT molecular complexity index is 1200. The lowest BCUT2D eigenvalue weighted by Crippen LogP contribution is -2.45. The zero-order chi connectivity index (χ0) is 29.4. The largest absolute Gasteiger partial charge is 0.434 e. The molecule has 0 saturated heterocycles. The number of alkyl halides is 2. The number of nitrogens with one attached hydrogen (secondary N) is 2. The standard InChI is InChI=1S/C26H36ClF2N5O3.O2S/c1-4-34-23(21(27)22(33-34)24(35)31-14-26(36)9-7-15(2)8-10-26)18-13-30-20(12-19(18)37-25(28)29)32-16(3)11-17-5-6-17;1-3-2/h12-13,15-17,25,36H,4-11,14H2,1-3H3,(H,30,32)(H,31,35);/t15?,16-,26?;/m1./s1. The Labute approximate surface area is 240 Å². The number of aromatic nitrogens is 3. The van der Waals surface area contributed by atoms with Gasteiger partial charge < -0.3 is 20.5 Å². The molecule has 3 N–H and O–H groups in total. The minimum absolute atomic E-state index is 0.00679. The third-order valence-corrected chi connectivity index (χ3v) is 7.67. The second-order valence-corrected chi connectivity index (χ2v) is 11.2. The summed E-state index contributed by atoms with van der Waals surface area (Å²) in [5.41, 5.74) is -0.541. The molecule has 0 unspecified atom stereocenters. The van der Waals surface area contributed by atoms with Gasteiger partial charge in [-0.25, -0.2) is 4.98 Å². The number of halogens is 3. The highest BCUT2D eigenvalue weighted by Crippen LogP contribution is 2.39. The maximum absolute atomic E-state index is 13.3. The van der Waals surface area contributed by atoms with E-state index in [-0.39, 0.29) is 40.3 Å². The van der Waals surface area contributed by atoms with Crippen molar-refractivity contribution in [3.05, 3.63) is 23.0 Å². The van der Waals surface area contributed by atoms with Crippen LogP contribution in [0.3, 0.4) is 0 Å². The van der Waals surface area contributed by atoms with Gasteiger partial charge in [-0.05, 0) is 57.8 Å². The molecule has 0 bridgehead atoms. The summed E-state index contributed by atoms with van der Waals surface area (Å²) >= 11 is 5.87. The predicted molar refractivity (Wildman–Crippen MR) is 147 cm³/mol. The molecule has 1 atom stereocenters. The molecule has 2 heterocycles. The molecule has 2 aliphatic carbocycles. The van der Waals surface area contributed by atoms with Crippen molar-refractivity contribution in [2.45, 2.75) is 90.5 Å². The van der Waals surface area contributed by atoms with Crippen LogP contribution in [0.4, 0.5) is 14.6 Å². The molecule has 0 aromatic carbocycles. The van der Waals surface area contributed by atoms with Crippen molar-refractivity contribution in [1.29, 1.82) is 0 Å². The van der Waals surface area contributed by atoms with Gasteiger partial charge in [0.05, 0.1) is 21.9 Å². The number of carbonyl (C=O) groups excluding carboxylic acids is 1. The summed E-state index contributed by atoms with van der Waals surface area (Å²) in [5, 5.41) is 21.2. The maximum Gasteiger partial charge on any atom is 0.387 e. The van der Waals surface area contributed by atoms with Crippen molar-refractivity contribution >= 4 is 34.9 Å². The summed E-state index contributed by atoms with van der Waals surface area (Å²) in [6, 6.07) is 1.56. The molecule has 4 rings (SSSR count). The molecule has 2 fully saturated rings. The van der Waals surface area contributed by atoms with E-state index in [1.165, 1.54) is 29.8 Å². The number of amides is 1. The van der Waals surface area contributed by atoms with Gasteiger partial charge in [-0.15, -0.1) is 0 Å². The molecule has 0 radical (unpaired) electrons. The van der Waals surface area contributed by atoms with Crippen LogP contribution < -0.4 is 15.4 Å². The van der Waals surface area contributed by atoms with Crippen molar-refractivity contribution in [2.75, 3.05) is 11.9 Å². The van der Waals surface area contributed by atoms with Crippen LogP contribution in [0.25, 0.3) is 11.3 Å². The van der Waals surface area contributed by atoms with Crippen LogP contribution in [-0.4, -0.2) is 59.0 Å². The van der Waals surface area contributed by atoms with E-state index >= 15 is 0 Å². The topological polar surface area (TPSA) is 135 Å². The fourth-order valence-electron chi connectivity index (χ4n) is 4.93. The Morgan fingerprint density at radius 3 is 2.52 bits per heavy atom. The van der Waals surface area contributed by atoms with Crippen LogP contribution in [0.5, 0.6) is 5.75 Å². The summed E-state index contributed by atoms with van der Waals surface area (Å²) < 4.78 is 49.6. The second kappa shape index (κ2) is 14.3.